The molecule has 0 aromatic heterocycles. The van der Waals surface area contributed by atoms with Gasteiger partial charge in [0.05, 0.1) is 19.2 Å². The SMILES string of the molecule is COc1ccc(NC(=O)CN2C(=O)C3NN=C(C)N3C3CCCCC32)cc1. The monoisotopic (exact) mass is 371 g/mol. The van der Waals surface area contributed by atoms with E-state index in [9.17, 15) is 9.59 Å². The number of nitrogens with zero attached hydrogens (tertiary/aromatic N) is 3. The third-order valence-electron chi connectivity index (χ3n) is 5.66. The fourth-order valence-electron chi connectivity index (χ4n) is 4.39. The smallest absolute Gasteiger partial charge is 0.268 e. The number of fused-ring (bicyclic) bond motifs is 3. The molecule has 2 fully saturated rings. The van der Waals surface area contributed by atoms with Gasteiger partial charge in [-0.05, 0) is 44.0 Å². The van der Waals surface area contributed by atoms with E-state index in [2.05, 4.69) is 20.7 Å². The fraction of sp³-hybridized carbons (Fsp3) is 0.526. The van der Waals surface area contributed by atoms with Crippen LogP contribution in [0, 0.1) is 0 Å². The first kappa shape index (κ1) is 17.6. The van der Waals surface area contributed by atoms with E-state index in [1.165, 1.54) is 0 Å². The summed E-state index contributed by atoms with van der Waals surface area (Å²) in [4.78, 5) is 29.5. The molecule has 3 atom stereocenters. The van der Waals surface area contributed by atoms with Crippen LogP contribution in [0.4, 0.5) is 5.69 Å². The van der Waals surface area contributed by atoms with Crippen LogP contribution in [0.3, 0.4) is 0 Å². The summed E-state index contributed by atoms with van der Waals surface area (Å²) in [5.41, 5.74) is 3.62. The van der Waals surface area contributed by atoms with E-state index in [0.29, 0.717) is 5.69 Å². The van der Waals surface area contributed by atoms with Gasteiger partial charge in [-0.15, -0.1) is 0 Å². The molecule has 8 heteroatoms. The summed E-state index contributed by atoms with van der Waals surface area (Å²) in [6, 6.07) is 7.42. The molecule has 0 bridgehead atoms. The average Bonchev–Trinajstić information content (AvgIpc) is 3.08. The lowest BCUT2D eigenvalue weighted by Crippen LogP contribution is -2.69. The zero-order valence-corrected chi connectivity index (χ0v) is 15.6. The van der Waals surface area contributed by atoms with Crippen molar-refractivity contribution in [2.75, 3.05) is 19.0 Å². The molecule has 4 rings (SSSR count). The average molecular weight is 371 g/mol. The van der Waals surface area contributed by atoms with E-state index < -0.39 is 6.17 Å². The summed E-state index contributed by atoms with van der Waals surface area (Å²) in [7, 11) is 1.60. The van der Waals surface area contributed by atoms with Gasteiger partial charge >= 0.3 is 0 Å². The van der Waals surface area contributed by atoms with Crippen LogP contribution in [0.25, 0.3) is 0 Å². The molecule has 8 nitrogen and oxygen atoms in total. The van der Waals surface area contributed by atoms with Crippen molar-refractivity contribution in [3.8, 4) is 5.75 Å². The van der Waals surface area contributed by atoms with Gasteiger partial charge in [-0.3, -0.25) is 15.0 Å². The molecule has 2 N–H and O–H groups in total. The minimum Gasteiger partial charge on any atom is -0.497 e. The number of amides is 2. The molecular weight excluding hydrogens is 346 g/mol. The Morgan fingerprint density at radius 3 is 2.67 bits per heavy atom. The number of anilines is 1. The molecule has 2 aliphatic heterocycles. The van der Waals surface area contributed by atoms with Crippen molar-refractivity contribution >= 4 is 23.3 Å². The van der Waals surface area contributed by atoms with Crippen molar-refractivity contribution in [2.24, 2.45) is 5.10 Å². The van der Waals surface area contributed by atoms with Gasteiger partial charge in [0.2, 0.25) is 5.91 Å². The number of nitrogens with one attached hydrogen (secondary N) is 2. The fourth-order valence-corrected chi connectivity index (χ4v) is 4.39. The van der Waals surface area contributed by atoms with Gasteiger partial charge in [0.1, 0.15) is 18.1 Å². The number of benzene rings is 1. The zero-order valence-electron chi connectivity index (χ0n) is 15.6. The molecule has 1 aromatic rings. The normalized spacial score (nSPS) is 26.7. The number of amidine groups is 1. The molecule has 0 spiro atoms. The highest BCUT2D eigenvalue weighted by atomic mass is 16.5. The summed E-state index contributed by atoms with van der Waals surface area (Å²) in [5, 5.41) is 7.13. The Morgan fingerprint density at radius 2 is 1.96 bits per heavy atom. The van der Waals surface area contributed by atoms with Crippen LogP contribution in [0.15, 0.2) is 29.4 Å². The van der Waals surface area contributed by atoms with Crippen molar-refractivity contribution < 1.29 is 14.3 Å². The van der Waals surface area contributed by atoms with Crippen LogP contribution >= 0.6 is 0 Å². The van der Waals surface area contributed by atoms with Gasteiger partial charge in [-0.2, -0.15) is 5.10 Å². The summed E-state index contributed by atoms with van der Waals surface area (Å²) in [5.74, 6) is 1.31. The first-order valence-corrected chi connectivity index (χ1v) is 9.41. The Labute approximate surface area is 158 Å². The summed E-state index contributed by atoms with van der Waals surface area (Å²) in [6.45, 7) is 1.98. The number of hydrazone groups is 1. The van der Waals surface area contributed by atoms with E-state index in [1.54, 1.807) is 36.3 Å². The van der Waals surface area contributed by atoms with Gasteiger partial charge in [-0.1, -0.05) is 12.8 Å². The molecule has 2 heterocycles. The van der Waals surface area contributed by atoms with Crippen LogP contribution in [0.2, 0.25) is 0 Å². The number of rotatable bonds is 4. The summed E-state index contributed by atoms with van der Waals surface area (Å²) >= 11 is 0. The van der Waals surface area contributed by atoms with Crippen LogP contribution < -0.4 is 15.5 Å². The molecule has 2 amide bonds. The van der Waals surface area contributed by atoms with Crippen molar-refractivity contribution in [2.45, 2.75) is 50.9 Å². The minimum atomic E-state index is -0.488. The highest BCUT2D eigenvalue weighted by Crippen LogP contribution is 2.34. The van der Waals surface area contributed by atoms with Crippen molar-refractivity contribution in [1.29, 1.82) is 0 Å². The third kappa shape index (κ3) is 3.20. The maximum absolute atomic E-state index is 13.0. The van der Waals surface area contributed by atoms with E-state index in [1.807, 2.05) is 6.92 Å². The standard InChI is InChI=1S/C19H25N5O3/c1-12-21-22-18-19(26)23(15-5-3-4-6-16(15)24(12)18)11-17(25)20-13-7-9-14(27-2)10-8-13/h7-10,15-16,18,22H,3-6,11H2,1-2H3,(H,20,25). The number of hydrogen-bond donors (Lipinski definition) is 2. The van der Waals surface area contributed by atoms with Gasteiger partial charge in [0.15, 0.2) is 6.17 Å². The molecule has 1 saturated heterocycles. The number of piperazine rings is 1. The van der Waals surface area contributed by atoms with Gasteiger partial charge < -0.3 is 19.9 Å². The van der Waals surface area contributed by atoms with Crippen molar-refractivity contribution in [1.82, 2.24) is 15.2 Å². The molecule has 1 aromatic carbocycles. The maximum Gasteiger partial charge on any atom is 0.268 e. The van der Waals surface area contributed by atoms with E-state index >= 15 is 0 Å². The Kier molecular flexibility index (Phi) is 4.63. The van der Waals surface area contributed by atoms with Crippen LogP contribution in [0.1, 0.15) is 32.6 Å². The number of carbonyl (C=O) groups is 2. The van der Waals surface area contributed by atoms with E-state index in [-0.39, 0.29) is 30.4 Å². The topological polar surface area (TPSA) is 86.3 Å². The quantitative estimate of drug-likeness (QED) is 0.834. The molecule has 144 valence electrons. The Morgan fingerprint density at radius 1 is 1.26 bits per heavy atom. The minimum absolute atomic E-state index is 0.0502. The highest BCUT2D eigenvalue weighted by molar-refractivity contribution is 5.97. The third-order valence-corrected chi connectivity index (χ3v) is 5.66. The lowest BCUT2D eigenvalue weighted by Gasteiger charge is -2.50. The predicted octanol–water partition coefficient (Wildman–Crippen LogP) is 1.35. The second-order valence-electron chi connectivity index (χ2n) is 7.26. The molecule has 27 heavy (non-hydrogen) atoms. The van der Waals surface area contributed by atoms with E-state index in [4.69, 9.17) is 4.74 Å². The highest BCUT2D eigenvalue weighted by Gasteiger charge is 2.50. The molecule has 1 aliphatic carbocycles. The van der Waals surface area contributed by atoms with Crippen molar-refractivity contribution in [3.05, 3.63) is 24.3 Å². The summed E-state index contributed by atoms with van der Waals surface area (Å²) in [6.07, 6.45) is 3.66. The maximum atomic E-state index is 13.0. The lowest BCUT2D eigenvalue weighted by atomic mass is 9.85. The largest absolute Gasteiger partial charge is 0.497 e. The first-order valence-electron chi connectivity index (χ1n) is 9.41. The summed E-state index contributed by atoms with van der Waals surface area (Å²) < 4.78 is 5.13. The second kappa shape index (κ2) is 7.09. The molecule has 3 unspecified atom stereocenters. The number of hydrogen-bond acceptors (Lipinski definition) is 6. The number of methoxy groups -OCH3 is 1. The zero-order chi connectivity index (χ0) is 19.0. The molecule has 0 radical (unpaired) electrons. The second-order valence-corrected chi connectivity index (χ2v) is 7.26. The first-order chi connectivity index (χ1) is 13.1. The Hall–Kier alpha value is -2.77. The van der Waals surface area contributed by atoms with Gasteiger partial charge in [-0.25, -0.2) is 0 Å². The van der Waals surface area contributed by atoms with E-state index in [0.717, 1.165) is 37.3 Å². The Bertz CT molecular complexity index is 763. The number of ether oxygens (including phenoxy) is 1. The van der Waals surface area contributed by atoms with Crippen molar-refractivity contribution in [3.63, 3.8) is 0 Å². The van der Waals surface area contributed by atoms with Crippen LogP contribution in [-0.2, 0) is 9.59 Å². The van der Waals surface area contributed by atoms with Crippen LogP contribution in [0.5, 0.6) is 5.75 Å². The molecule has 3 aliphatic rings. The number of carbonyl (C=O) groups excluding carboxylic acids is 2. The Balaban J connectivity index is 1.48. The lowest BCUT2D eigenvalue weighted by molar-refractivity contribution is -0.151. The van der Waals surface area contributed by atoms with Gasteiger partial charge in [0.25, 0.3) is 5.91 Å². The molecule has 1 saturated carbocycles. The van der Waals surface area contributed by atoms with Crippen LogP contribution in [-0.4, -0.2) is 59.4 Å². The molecular formula is C19H25N5O3. The predicted molar refractivity (Wildman–Crippen MR) is 101 cm³/mol. The van der Waals surface area contributed by atoms with Gasteiger partial charge in [0, 0.05) is 5.69 Å².